The van der Waals surface area contributed by atoms with Crippen molar-refractivity contribution in [3.8, 4) is 5.69 Å². The molecule has 1 aromatic carbocycles. The van der Waals surface area contributed by atoms with Crippen LogP contribution in [-0.2, 0) is 14.3 Å². The van der Waals surface area contributed by atoms with Gasteiger partial charge >= 0.3 is 0 Å². The Bertz CT molecular complexity index is 1560. The van der Waals surface area contributed by atoms with Crippen LogP contribution in [0.1, 0.15) is 34.6 Å². The summed E-state index contributed by atoms with van der Waals surface area (Å²) in [5.41, 5.74) is 9.33. The van der Waals surface area contributed by atoms with Crippen LogP contribution < -0.4 is 11.1 Å². The van der Waals surface area contributed by atoms with Gasteiger partial charge in [0.1, 0.15) is 29.0 Å². The normalized spacial score (nSPS) is 18.5. The van der Waals surface area contributed by atoms with Gasteiger partial charge in [0, 0.05) is 29.9 Å². The van der Waals surface area contributed by atoms with Crippen molar-refractivity contribution >= 4 is 34.4 Å². The first-order chi connectivity index (χ1) is 18.8. The number of nitrogens with two attached hydrogens (primary N) is 1. The second-order valence-corrected chi connectivity index (χ2v) is 10.3. The summed E-state index contributed by atoms with van der Waals surface area (Å²) < 4.78 is 13.1. The van der Waals surface area contributed by atoms with Gasteiger partial charge in [-0.3, -0.25) is 9.59 Å². The maximum Gasteiger partial charge on any atom is 0.256 e. The van der Waals surface area contributed by atoms with E-state index in [-0.39, 0.29) is 11.8 Å². The molecule has 4 aromatic rings. The maximum atomic E-state index is 13.1. The lowest BCUT2D eigenvalue weighted by Crippen LogP contribution is -2.56. The molecule has 5 heterocycles. The molecule has 11 heteroatoms. The van der Waals surface area contributed by atoms with Crippen molar-refractivity contribution in [3.63, 3.8) is 0 Å². The van der Waals surface area contributed by atoms with Crippen molar-refractivity contribution < 1.29 is 19.1 Å². The number of rotatable bonds is 5. The SMILES string of the molecule is Cc1ccnc(NC(=O)c2ccc(-n3nc([C@H]4CN(C(=O)C5(C)COC5)CCO4)c4ccnc(N)c43)cc2)c1. The molecular formula is C28H29N7O4. The Kier molecular flexibility index (Phi) is 6.24. The fraction of sp³-hybridized carbons (Fsp3) is 0.321. The van der Waals surface area contributed by atoms with E-state index in [1.165, 1.54) is 0 Å². The van der Waals surface area contributed by atoms with E-state index in [0.717, 1.165) is 10.9 Å². The first kappa shape index (κ1) is 25.0. The summed E-state index contributed by atoms with van der Waals surface area (Å²) in [5, 5.41) is 8.50. The summed E-state index contributed by atoms with van der Waals surface area (Å²) >= 11 is 0. The molecule has 2 saturated heterocycles. The predicted octanol–water partition coefficient (Wildman–Crippen LogP) is 2.89. The fourth-order valence-electron chi connectivity index (χ4n) is 5.00. The average molecular weight is 528 g/mol. The van der Waals surface area contributed by atoms with E-state index in [0.29, 0.717) is 67.0 Å². The lowest BCUT2D eigenvalue weighted by atomic mass is 9.86. The molecule has 2 amide bonds. The number of hydrogen-bond donors (Lipinski definition) is 2. The van der Waals surface area contributed by atoms with Gasteiger partial charge in [-0.25, -0.2) is 14.6 Å². The minimum absolute atomic E-state index is 0.0710. The maximum absolute atomic E-state index is 13.1. The standard InChI is InChI=1S/C28H29N7O4/c1-17-7-9-30-22(13-17)32-26(36)18-3-5-19(6-4-18)35-24-20(8-10-31-25(24)29)23(33-35)21-14-34(11-12-39-21)27(37)28(2)15-38-16-28/h3-10,13,21H,11-12,14-16H2,1-2H3,(H2,29,31)(H,30,32,36)/t21-/m1/s1. The molecule has 3 aromatic heterocycles. The van der Waals surface area contributed by atoms with Gasteiger partial charge in [-0.2, -0.15) is 5.10 Å². The number of nitrogen functional groups attached to an aromatic ring is 1. The number of ether oxygens (including phenoxy) is 2. The van der Waals surface area contributed by atoms with E-state index in [2.05, 4.69) is 15.3 Å². The number of nitrogens with one attached hydrogen (secondary N) is 1. The van der Waals surface area contributed by atoms with Crippen LogP contribution in [0.3, 0.4) is 0 Å². The summed E-state index contributed by atoms with van der Waals surface area (Å²) in [6.07, 6.45) is 2.86. The highest BCUT2D eigenvalue weighted by Gasteiger charge is 2.45. The first-order valence-corrected chi connectivity index (χ1v) is 12.8. The number of fused-ring (bicyclic) bond motifs is 1. The predicted molar refractivity (Wildman–Crippen MR) is 144 cm³/mol. The number of carbonyl (C=O) groups is 2. The van der Waals surface area contributed by atoms with Crippen LogP contribution in [0.2, 0.25) is 0 Å². The number of aryl methyl sites for hydroxylation is 1. The quantitative estimate of drug-likeness (QED) is 0.404. The third-order valence-corrected chi connectivity index (χ3v) is 7.20. The minimum Gasteiger partial charge on any atom is -0.382 e. The lowest BCUT2D eigenvalue weighted by molar-refractivity contribution is -0.175. The number of hydrogen-bond acceptors (Lipinski definition) is 8. The number of benzene rings is 1. The highest BCUT2D eigenvalue weighted by molar-refractivity contribution is 6.04. The summed E-state index contributed by atoms with van der Waals surface area (Å²) in [5.74, 6) is 0.616. The minimum atomic E-state index is -0.485. The number of morpholine rings is 1. The Hall–Kier alpha value is -4.35. The third kappa shape index (κ3) is 4.59. The topological polar surface area (TPSA) is 137 Å². The molecule has 0 saturated carbocycles. The summed E-state index contributed by atoms with van der Waals surface area (Å²) in [4.78, 5) is 36.2. The number of amides is 2. The molecule has 0 radical (unpaired) electrons. The van der Waals surface area contributed by atoms with Gasteiger partial charge < -0.3 is 25.4 Å². The molecule has 0 aliphatic carbocycles. The van der Waals surface area contributed by atoms with E-state index in [1.807, 2.05) is 36.9 Å². The highest BCUT2D eigenvalue weighted by Crippen LogP contribution is 2.35. The van der Waals surface area contributed by atoms with Crippen molar-refractivity contribution in [2.24, 2.45) is 5.41 Å². The van der Waals surface area contributed by atoms with Crippen molar-refractivity contribution in [1.29, 1.82) is 0 Å². The van der Waals surface area contributed by atoms with Gasteiger partial charge in [-0.1, -0.05) is 0 Å². The van der Waals surface area contributed by atoms with Crippen LogP contribution in [-0.4, -0.2) is 69.4 Å². The van der Waals surface area contributed by atoms with Gasteiger partial charge in [0.2, 0.25) is 5.91 Å². The van der Waals surface area contributed by atoms with E-state index in [1.54, 1.807) is 41.3 Å². The van der Waals surface area contributed by atoms with Crippen LogP contribution >= 0.6 is 0 Å². The molecule has 3 N–H and O–H groups in total. The van der Waals surface area contributed by atoms with Crippen LogP contribution in [0.4, 0.5) is 11.6 Å². The fourth-order valence-corrected chi connectivity index (χ4v) is 5.00. The van der Waals surface area contributed by atoms with Crippen molar-refractivity contribution in [3.05, 3.63) is 71.7 Å². The largest absolute Gasteiger partial charge is 0.382 e. The zero-order chi connectivity index (χ0) is 27.1. The Morgan fingerprint density at radius 2 is 1.87 bits per heavy atom. The molecule has 200 valence electrons. The van der Waals surface area contributed by atoms with Gasteiger partial charge in [-0.05, 0) is 61.9 Å². The Morgan fingerprint density at radius 3 is 2.59 bits per heavy atom. The number of anilines is 2. The Labute approximate surface area is 224 Å². The number of pyridine rings is 2. The van der Waals surface area contributed by atoms with E-state index in [9.17, 15) is 9.59 Å². The molecule has 2 fully saturated rings. The molecule has 0 bridgehead atoms. The van der Waals surface area contributed by atoms with E-state index in [4.69, 9.17) is 20.3 Å². The van der Waals surface area contributed by atoms with Crippen molar-refractivity contribution in [1.82, 2.24) is 24.6 Å². The molecule has 6 rings (SSSR count). The van der Waals surface area contributed by atoms with Crippen molar-refractivity contribution in [2.75, 3.05) is 44.0 Å². The molecule has 0 unspecified atom stereocenters. The Morgan fingerprint density at radius 1 is 1.10 bits per heavy atom. The second-order valence-electron chi connectivity index (χ2n) is 10.3. The van der Waals surface area contributed by atoms with Gasteiger partial charge in [-0.15, -0.1) is 0 Å². The highest BCUT2D eigenvalue weighted by atomic mass is 16.5. The average Bonchev–Trinajstić information content (AvgIpc) is 3.32. The molecule has 2 aliphatic heterocycles. The second kappa shape index (κ2) is 9.75. The van der Waals surface area contributed by atoms with Gasteiger partial charge in [0.15, 0.2) is 0 Å². The number of nitrogens with zero attached hydrogens (tertiary/aromatic N) is 5. The lowest BCUT2D eigenvalue weighted by Gasteiger charge is -2.42. The van der Waals surface area contributed by atoms with Crippen LogP contribution in [0.5, 0.6) is 0 Å². The molecule has 0 spiro atoms. The summed E-state index contributed by atoms with van der Waals surface area (Å²) in [6.45, 7) is 6.05. The van der Waals surface area contributed by atoms with E-state index >= 15 is 0 Å². The van der Waals surface area contributed by atoms with Gasteiger partial charge in [0.25, 0.3) is 5.91 Å². The number of carbonyl (C=O) groups excluding carboxylic acids is 2. The van der Waals surface area contributed by atoms with Crippen LogP contribution in [0.25, 0.3) is 16.6 Å². The molecule has 11 nitrogen and oxygen atoms in total. The first-order valence-electron chi connectivity index (χ1n) is 12.8. The van der Waals surface area contributed by atoms with Crippen LogP contribution in [0, 0.1) is 12.3 Å². The third-order valence-electron chi connectivity index (χ3n) is 7.20. The smallest absolute Gasteiger partial charge is 0.256 e. The van der Waals surface area contributed by atoms with Gasteiger partial charge in [0.05, 0.1) is 37.5 Å². The zero-order valence-corrected chi connectivity index (χ0v) is 21.8. The number of aromatic nitrogens is 4. The summed E-state index contributed by atoms with van der Waals surface area (Å²) in [6, 6.07) is 12.6. The zero-order valence-electron chi connectivity index (χ0n) is 21.8. The monoisotopic (exact) mass is 527 g/mol. The van der Waals surface area contributed by atoms with Crippen molar-refractivity contribution in [2.45, 2.75) is 20.0 Å². The molecule has 39 heavy (non-hydrogen) atoms. The molecular weight excluding hydrogens is 498 g/mol. The van der Waals surface area contributed by atoms with Crippen LogP contribution in [0.15, 0.2) is 54.9 Å². The molecule has 2 aliphatic rings. The Balaban J connectivity index is 1.29. The summed E-state index contributed by atoms with van der Waals surface area (Å²) in [7, 11) is 0. The van der Waals surface area contributed by atoms with E-state index < -0.39 is 11.5 Å². The molecule has 1 atom stereocenters.